The number of hydrogen-bond donors (Lipinski definition) is 2. The number of aromatic nitrogens is 2. The molecule has 0 aliphatic carbocycles. The number of carbonyl (C=O) groups excluding carboxylic acids is 1. The van der Waals surface area contributed by atoms with E-state index < -0.39 is 5.60 Å². The lowest BCUT2D eigenvalue weighted by molar-refractivity contribution is -0.140. The summed E-state index contributed by atoms with van der Waals surface area (Å²) in [7, 11) is 1.59. The zero-order valence-electron chi connectivity index (χ0n) is 12.3. The quantitative estimate of drug-likeness (QED) is 0.900. The molecule has 2 aromatic rings. The van der Waals surface area contributed by atoms with Crippen LogP contribution in [0.15, 0.2) is 30.6 Å². The van der Waals surface area contributed by atoms with Crippen LogP contribution in [0, 0.1) is 0 Å². The molecule has 0 bridgehead atoms. The second kappa shape index (κ2) is 7.00. The number of benzene rings is 1. The van der Waals surface area contributed by atoms with Crippen molar-refractivity contribution in [2.45, 2.75) is 18.4 Å². The summed E-state index contributed by atoms with van der Waals surface area (Å²) in [6.07, 6.45) is 4.62. The molecule has 118 valence electrons. The third-order valence-electron chi connectivity index (χ3n) is 3.94. The maximum Gasteiger partial charge on any atom is 0.256 e. The Balaban J connectivity index is 0.00000176. The van der Waals surface area contributed by atoms with Crippen molar-refractivity contribution in [1.29, 1.82) is 0 Å². The number of amides is 1. The molecule has 2 heterocycles. The van der Waals surface area contributed by atoms with Gasteiger partial charge in [-0.1, -0.05) is 0 Å². The van der Waals surface area contributed by atoms with Gasteiger partial charge in [0.05, 0.1) is 11.0 Å². The van der Waals surface area contributed by atoms with Crippen LogP contribution in [0.25, 0.3) is 11.0 Å². The predicted molar refractivity (Wildman–Crippen MR) is 87.3 cm³/mol. The van der Waals surface area contributed by atoms with E-state index in [1.165, 1.54) is 0 Å². The number of nitrogens with zero attached hydrogens (tertiary/aromatic N) is 2. The molecule has 0 atom stereocenters. The summed E-state index contributed by atoms with van der Waals surface area (Å²) >= 11 is 0. The zero-order chi connectivity index (χ0) is 14.7. The second-order valence-corrected chi connectivity index (χ2v) is 5.16. The van der Waals surface area contributed by atoms with Crippen LogP contribution in [-0.4, -0.2) is 41.7 Å². The Morgan fingerprint density at radius 3 is 2.59 bits per heavy atom. The highest BCUT2D eigenvalue weighted by Crippen LogP contribution is 2.25. The summed E-state index contributed by atoms with van der Waals surface area (Å²) in [4.78, 5) is 21.0. The highest BCUT2D eigenvalue weighted by molar-refractivity contribution is 5.98. The van der Waals surface area contributed by atoms with Gasteiger partial charge in [0, 0.05) is 25.2 Å². The van der Waals surface area contributed by atoms with Crippen molar-refractivity contribution in [2.75, 3.05) is 25.5 Å². The number of hydrogen-bond acceptors (Lipinski definition) is 5. The molecule has 0 saturated carbocycles. The number of nitrogens with one attached hydrogen (secondary N) is 2. The Hall–Kier alpha value is -1.76. The summed E-state index contributed by atoms with van der Waals surface area (Å²) in [5, 5.41) is 6.17. The molecule has 0 radical (unpaired) electrons. The van der Waals surface area contributed by atoms with Crippen LogP contribution < -0.4 is 10.6 Å². The summed E-state index contributed by atoms with van der Waals surface area (Å²) in [6.45, 7) is 1.56. The van der Waals surface area contributed by atoms with Gasteiger partial charge in [-0.3, -0.25) is 14.8 Å². The van der Waals surface area contributed by atoms with Gasteiger partial charge in [-0.15, -0.1) is 12.4 Å². The topological polar surface area (TPSA) is 76.1 Å². The molecule has 1 saturated heterocycles. The van der Waals surface area contributed by atoms with E-state index in [0.717, 1.165) is 24.1 Å². The third-order valence-corrected chi connectivity index (χ3v) is 3.94. The first-order valence-corrected chi connectivity index (χ1v) is 7.02. The van der Waals surface area contributed by atoms with E-state index in [9.17, 15) is 4.79 Å². The average Bonchev–Trinajstić information content (AvgIpc) is 2.55. The lowest BCUT2D eigenvalue weighted by atomic mass is 9.91. The molecule has 7 heteroatoms. The van der Waals surface area contributed by atoms with E-state index in [-0.39, 0.29) is 18.3 Å². The number of anilines is 1. The van der Waals surface area contributed by atoms with E-state index in [0.29, 0.717) is 18.5 Å². The molecule has 0 spiro atoms. The number of halogens is 1. The normalized spacial score (nSPS) is 16.8. The van der Waals surface area contributed by atoms with Gasteiger partial charge in [0.2, 0.25) is 0 Å². The number of fused-ring (bicyclic) bond motifs is 1. The van der Waals surface area contributed by atoms with Gasteiger partial charge in [0.25, 0.3) is 5.91 Å². The van der Waals surface area contributed by atoms with Gasteiger partial charge in [-0.05, 0) is 44.1 Å². The number of piperidine rings is 1. The largest absolute Gasteiger partial charge is 0.368 e. The predicted octanol–water partition coefficient (Wildman–Crippen LogP) is 1.76. The van der Waals surface area contributed by atoms with E-state index in [1.54, 1.807) is 19.5 Å². The monoisotopic (exact) mass is 322 g/mol. The maximum atomic E-state index is 12.6. The highest BCUT2D eigenvalue weighted by Gasteiger charge is 2.39. The summed E-state index contributed by atoms with van der Waals surface area (Å²) in [6, 6.07) is 5.50. The van der Waals surface area contributed by atoms with Crippen molar-refractivity contribution in [1.82, 2.24) is 15.3 Å². The van der Waals surface area contributed by atoms with Crippen LogP contribution in [0.2, 0.25) is 0 Å². The van der Waals surface area contributed by atoms with Crippen LogP contribution in [0.3, 0.4) is 0 Å². The van der Waals surface area contributed by atoms with E-state index in [1.807, 2.05) is 18.2 Å². The molecule has 1 aromatic heterocycles. The fourth-order valence-corrected chi connectivity index (χ4v) is 2.64. The Morgan fingerprint density at radius 1 is 1.23 bits per heavy atom. The smallest absolute Gasteiger partial charge is 0.256 e. The molecular weight excluding hydrogens is 304 g/mol. The van der Waals surface area contributed by atoms with Gasteiger partial charge < -0.3 is 15.4 Å². The molecule has 2 N–H and O–H groups in total. The minimum atomic E-state index is -0.747. The van der Waals surface area contributed by atoms with Crippen LogP contribution in [-0.2, 0) is 9.53 Å². The lowest BCUT2D eigenvalue weighted by Crippen LogP contribution is -2.51. The first kappa shape index (κ1) is 16.6. The molecular formula is C15H19ClN4O2. The highest BCUT2D eigenvalue weighted by atomic mass is 35.5. The van der Waals surface area contributed by atoms with Gasteiger partial charge in [-0.2, -0.15) is 0 Å². The van der Waals surface area contributed by atoms with Gasteiger partial charge in [0.15, 0.2) is 0 Å². The zero-order valence-corrected chi connectivity index (χ0v) is 13.2. The Kier molecular flexibility index (Phi) is 5.28. The van der Waals surface area contributed by atoms with Crippen molar-refractivity contribution in [2.24, 2.45) is 0 Å². The van der Waals surface area contributed by atoms with Crippen molar-refractivity contribution in [3.8, 4) is 0 Å². The maximum absolute atomic E-state index is 12.6. The van der Waals surface area contributed by atoms with Gasteiger partial charge in [-0.25, -0.2) is 0 Å². The van der Waals surface area contributed by atoms with Crippen LogP contribution in [0.1, 0.15) is 12.8 Å². The van der Waals surface area contributed by atoms with Crippen molar-refractivity contribution >= 4 is 35.0 Å². The third kappa shape index (κ3) is 3.19. The van der Waals surface area contributed by atoms with E-state index in [4.69, 9.17) is 4.74 Å². The van der Waals surface area contributed by atoms with Crippen molar-refractivity contribution < 1.29 is 9.53 Å². The fourth-order valence-electron chi connectivity index (χ4n) is 2.64. The van der Waals surface area contributed by atoms with Crippen molar-refractivity contribution in [3.05, 3.63) is 30.6 Å². The second-order valence-electron chi connectivity index (χ2n) is 5.16. The summed E-state index contributed by atoms with van der Waals surface area (Å²) in [5.74, 6) is -0.102. The summed E-state index contributed by atoms with van der Waals surface area (Å²) in [5.41, 5.74) is 1.52. The van der Waals surface area contributed by atoms with Crippen molar-refractivity contribution in [3.63, 3.8) is 0 Å². The van der Waals surface area contributed by atoms with Gasteiger partial charge >= 0.3 is 0 Å². The van der Waals surface area contributed by atoms with Crippen LogP contribution >= 0.6 is 12.4 Å². The number of methoxy groups -OCH3 is 1. The molecule has 1 amide bonds. The summed E-state index contributed by atoms with van der Waals surface area (Å²) < 4.78 is 5.52. The molecule has 1 aliphatic heterocycles. The first-order valence-electron chi connectivity index (χ1n) is 7.02. The molecule has 6 nitrogen and oxygen atoms in total. The van der Waals surface area contributed by atoms with Crippen LogP contribution in [0.5, 0.6) is 0 Å². The SMILES string of the molecule is COC1(C(=O)Nc2ccc3nccnc3c2)CCNCC1.Cl. The van der Waals surface area contributed by atoms with E-state index >= 15 is 0 Å². The number of rotatable bonds is 3. The van der Waals surface area contributed by atoms with Gasteiger partial charge in [0.1, 0.15) is 5.60 Å². The Morgan fingerprint density at radius 2 is 1.91 bits per heavy atom. The molecule has 1 fully saturated rings. The number of ether oxygens (including phenoxy) is 1. The molecule has 1 aromatic carbocycles. The Labute approximate surface area is 135 Å². The minimum absolute atomic E-state index is 0. The standard InChI is InChI=1S/C15H18N4O2.ClH/c1-21-15(4-6-16-7-5-15)14(20)19-11-2-3-12-13(10-11)18-9-8-17-12;/h2-3,8-10,16H,4-7H2,1H3,(H,19,20);1H. The lowest BCUT2D eigenvalue weighted by Gasteiger charge is -2.34. The molecule has 0 unspecified atom stereocenters. The average molecular weight is 323 g/mol. The fraction of sp³-hybridized carbons (Fsp3) is 0.400. The molecule has 3 rings (SSSR count). The minimum Gasteiger partial charge on any atom is -0.368 e. The van der Waals surface area contributed by atoms with Crippen LogP contribution in [0.4, 0.5) is 5.69 Å². The first-order chi connectivity index (χ1) is 10.2. The molecule has 22 heavy (non-hydrogen) atoms. The molecule has 1 aliphatic rings. The number of carbonyl (C=O) groups is 1. The Bertz CT molecular complexity index is 659. The van der Waals surface area contributed by atoms with E-state index in [2.05, 4.69) is 20.6 Å².